The number of aliphatic hydroxyl groups excluding tert-OH is 1. The fourth-order valence-electron chi connectivity index (χ4n) is 8.37. The topological polar surface area (TPSA) is 129 Å². The maximum atomic E-state index is 15.0. The number of ether oxygens (including phenoxy) is 2. The molecule has 7 atom stereocenters. The number of rotatable bonds is 21. The average molecular weight is 808 g/mol. The van der Waals surface area contributed by atoms with Crippen LogP contribution in [0.5, 0.6) is 0 Å². The number of halogens is 1. The van der Waals surface area contributed by atoms with Crippen LogP contribution in [0.3, 0.4) is 0 Å². The van der Waals surface area contributed by atoms with Crippen LogP contribution in [0, 0.1) is 11.8 Å². The minimum Gasteiger partial charge on any atom is -0.463 e. The lowest BCUT2D eigenvalue weighted by atomic mass is 9.70. The van der Waals surface area contributed by atoms with Crippen LogP contribution in [0.25, 0.3) is 0 Å². The number of carbonyl (C=O) groups is 4. The summed E-state index contributed by atoms with van der Waals surface area (Å²) < 4.78 is 12.4. The third kappa shape index (κ3) is 8.61. The number of alkyl halides is 1. The third-order valence-corrected chi connectivity index (χ3v) is 11.8. The van der Waals surface area contributed by atoms with Crippen molar-refractivity contribution in [2.24, 2.45) is 11.8 Å². The third-order valence-electron chi connectivity index (χ3n) is 11.0. The number of unbranched alkanes of at least 4 members (excludes halogenated alkanes) is 3. The van der Waals surface area contributed by atoms with Gasteiger partial charge in [0.1, 0.15) is 18.2 Å². The molecule has 2 aromatic carbocycles. The number of allylic oxidation sites excluding steroid dienone is 1. The smallest absolute Gasteiger partial charge is 0.306 e. The number of esters is 1. The first-order valence-electron chi connectivity index (χ1n) is 19.3. The SMILES string of the molecule is C=CCCC(=O)OC[C@@H](NC(=O)[C@@H]1[C@H]2O[C@@]3(CC2Br)[C@H](C(=O)N(CC=C)c2ccc(N(CC)CC)cc2)N(CCCCCCO)C(=O)[C@@H]13)c1ccccc1. The molecule has 3 aliphatic rings. The zero-order valence-corrected chi connectivity index (χ0v) is 33.1. The first-order valence-corrected chi connectivity index (χ1v) is 20.2. The lowest BCUT2D eigenvalue weighted by molar-refractivity contribution is -0.145. The second-order valence-corrected chi connectivity index (χ2v) is 15.4. The minimum absolute atomic E-state index is 0.0872. The van der Waals surface area contributed by atoms with E-state index in [-0.39, 0.29) is 42.8 Å². The maximum absolute atomic E-state index is 15.0. The Labute approximate surface area is 327 Å². The second-order valence-electron chi connectivity index (χ2n) is 14.2. The summed E-state index contributed by atoms with van der Waals surface area (Å²) in [7, 11) is 0. The van der Waals surface area contributed by atoms with Gasteiger partial charge in [0.2, 0.25) is 11.8 Å². The van der Waals surface area contributed by atoms with Gasteiger partial charge in [-0.2, -0.15) is 0 Å². The van der Waals surface area contributed by atoms with E-state index in [1.54, 1.807) is 22.0 Å². The Balaban J connectivity index is 1.47. The molecule has 0 radical (unpaired) electrons. The predicted molar refractivity (Wildman–Crippen MR) is 213 cm³/mol. The first kappa shape index (κ1) is 41.2. The molecule has 12 heteroatoms. The summed E-state index contributed by atoms with van der Waals surface area (Å²) in [6.07, 6.45) is 6.54. The van der Waals surface area contributed by atoms with E-state index in [1.165, 1.54) is 0 Å². The molecule has 11 nitrogen and oxygen atoms in total. The Bertz CT molecular complexity index is 1620. The molecule has 1 spiro atoms. The van der Waals surface area contributed by atoms with E-state index in [4.69, 9.17) is 9.47 Å². The summed E-state index contributed by atoms with van der Waals surface area (Å²) in [5.41, 5.74) is 1.22. The molecule has 3 heterocycles. The fourth-order valence-corrected chi connectivity index (χ4v) is 9.31. The first-order chi connectivity index (χ1) is 26.1. The van der Waals surface area contributed by atoms with Crippen LogP contribution < -0.4 is 15.1 Å². The summed E-state index contributed by atoms with van der Waals surface area (Å²) in [5, 5.41) is 12.4. The summed E-state index contributed by atoms with van der Waals surface area (Å²) >= 11 is 3.78. The van der Waals surface area contributed by atoms with Gasteiger partial charge in [0, 0.05) is 55.4 Å². The number of nitrogens with one attached hydrogen (secondary N) is 1. The summed E-state index contributed by atoms with van der Waals surface area (Å²) in [6, 6.07) is 15.5. The van der Waals surface area contributed by atoms with Crippen LogP contribution >= 0.6 is 15.9 Å². The van der Waals surface area contributed by atoms with E-state index in [0.29, 0.717) is 37.9 Å². The molecule has 2 aromatic rings. The number of carbonyl (C=O) groups excluding carboxylic acids is 4. The van der Waals surface area contributed by atoms with E-state index in [9.17, 15) is 19.5 Å². The fraction of sp³-hybridized carbons (Fsp3) is 0.524. The lowest BCUT2D eigenvalue weighted by Gasteiger charge is -2.37. The van der Waals surface area contributed by atoms with Gasteiger partial charge in [0.25, 0.3) is 5.91 Å². The van der Waals surface area contributed by atoms with Gasteiger partial charge in [0.05, 0.1) is 24.0 Å². The molecule has 0 saturated carbocycles. The van der Waals surface area contributed by atoms with Crippen molar-refractivity contribution in [2.45, 2.75) is 87.4 Å². The Morgan fingerprint density at radius 3 is 2.37 bits per heavy atom. The molecule has 5 rings (SSSR count). The molecule has 54 heavy (non-hydrogen) atoms. The van der Waals surface area contributed by atoms with Crippen LogP contribution in [0.4, 0.5) is 11.4 Å². The van der Waals surface area contributed by atoms with Crippen molar-refractivity contribution >= 4 is 51.0 Å². The van der Waals surface area contributed by atoms with Gasteiger partial charge in [0.15, 0.2) is 0 Å². The number of anilines is 2. The molecule has 3 amide bonds. The summed E-state index contributed by atoms with van der Waals surface area (Å²) in [4.78, 5) is 62.0. The molecular formula is C42H55BrN4O7. The summed E-state index contributed by atoms with van der Waals surface area (Å²) in [5.74, 6) is -3.15. The molecule has 2 bridgehead atoms. The second kappa shape index (κ2) is 19.0. The van der Waals surface area contributed by atoms with Gasteiger partial charge in [-0.3, -0.25) is 19.2 Å². The Kier molecular flexibility index (Phi) is 14.5. The zero-order valence-electron chi connectivity index (χ0n) is 31.5. The van der Waals surface area contributed by atoms with Crippen molar-refractivity contribution in [2.75, 3.05) is 49.2 Å². The largest absolute Gasteiger partial charge is 0.463 e. The number of hydrogen-bond donors (Lipinski definition) is 2. The van der Waals surface area contributed by atoms with Crippen LogP contribution in [-0.4, -0.2) is 95.7 Å². The van der Waals surface area contributed by atoms with Crippen molar-refractivity contribution < 1.29 is 33.8 Å². The number of fused-ring (bicyclic) bond motifs is 1. The Morgan fingerprint density at radius 2 is 1.72 bits per heavy atom. The molecule has 3 fully saturated rings. The van der Waals surface area contributed by atoms with Crippen molar-refractivity contribution in [3.05, 3.63) is 85.5 Å². The molecule has 292 valence electrons. The zero-order chi connectivity index (χ0) is 38.8. The van der Waals surface area contributed by atoms with E-state index in [2.05, 4.69) is 53.2 Å². The predicted octanol–water partition coefficient (Wildman–Crippen LogP) is 5.72. The summed E-state index contributed by atoms with van der Waals surface area (Å²) in [6.45, 7) is 14.0. The highest BCUT2D eigenvalue weighted by Crippen LogP contribution is 2.60. The highest BCUT2D eigenvalue weighted by molar-refractivity contribution is 9.09. The number of hydrogen-bond acceptors (Lipinski definition) is 8. The van der Waals surface area contributed by atoms with Crippen LogP contribution in [0.1, 0.15) is 70.4 Å². The number of aliphatic hydroxyl groups is 1. The van der Waals surface area contributed by atoms with Crippen molar-refractivity contribution in [1.82, 2.24) is 10.2 Å². The van der Waals surface area contributed by atoms with E-state index < -0.39 is 47.5 Å². The number of amides is 3. The van der Waals surface area contributed by atoms with Gasteiger partial charge in [-0.25, -0.2) is 0 Å². The van der Waals surface area contributed by atoms with Crippen molar-refractivity contribution in [3.63, 3.8) is 0 Å². The molecule has 3 saturated heterocycles. The molecular weight excluding hydrogens is 752 g/mol. The monoisotopic (exact) mass is 806 g/mol. The molecule has 0 aliphatic carbocycles. The highest BCUT2D eigenvalue weighted by atomic mass is 79.9. The normalized spacial score (nSPS) is 24.5. The Hall–Kier alpha value is -4.00. The van der Waals surface area contributed by atoms with Crippen LogP contribution in [0.2, 0.25) is 0 Å². The Morgan fingerprint density at radius 1 is 1.04 bits per heavy atom. The molecule has 2 N–H and O–H groups in total. The molecule has 0 aromatic heterocycles. The van der Waals surface area contributed by atoms with E-state index in [0.717, 1.165) is 37.2 Å². The number of nitrogens with zero attached hydrogens (tertiary/aromatic N) is 3. The highest BCUT2D eigenvalue weighted by Gasteiger charge is 2.76. The van der Waals surface area contributed by atoms with Gasteiger partial charge in [-0.15, -0.1) is 13.2 Å². The van der Waals surface area contributed by atoms with Crippen molar-refractivity contribution in [1.29, 1.82) is 0 Å². The van der Waals surface area contributed by atoms with Gasteiger partial charge in [-0.1, -0.05) is 71.3 Å². The average Bonchev–Trinajstić information content (AvgIpc) is 3.78. The maximum Gasteiger partial charge on any atom is 0.306 e. The molecule has 1 unspecified atom stereocenters. The number of benzene rings is 2. The van der Waals surface area contributed by atoms with E-state index in [1.807, 2.05) is 54.6 Å². The quantitative estimate of drug-likeness (QED) is 0.0710. The van der Waals surface area contributed by atoms with Crippen LogP contribution in [0.15, 0.2) is 79.9 Å². The van der Waals surface area contributed by atoms with Crippen molar-refractivity contribution in [3.8, 4) is 0 Å². The number of likely N-dealkylation sites (tertiary alicyclic amines) is 1. The van der Waals surface area contributed by atoms with Gasteiger partial charge < -0.3 is 34.6 Å². The van der Waals surface area contributed by atoms with E-state index >= 15 is 4.79 Å². The van der Waals surface area contributed by atoms with Crippen LogP contribution in [-0.2, 0) is 28.7 Å². The standard InChI is InChI=1S/C42H55BrN4O7/c1-5-9-19-34(49)53-28-33(29-17-13-12-14-18-29)44-39(50)35-36-40(51)47(25-15-10-11-16-26-48)38(42(36)27-32(43)37(35)54-42)41(52)46(24-6-2)31-22-20-30(21-23-31)45(7-3)8-4/h5-6,12-14,17-18,20-23,32-33,35-38,48H,1-2,7-11,15-16,19,24-28H2,3-4H3,(H,44,50)/t32?,33-,35+,36-,37+,38+,42-/m1/s1. The lowest BCUT2D eigenvalue weighted by Crippen LogP contribution is -2.57. The van der Waals surface area contributed by atoms with Gasteiger partial charge >= 0.3 is 5.97 Å². The molecule has 3 aliphatic heterocycles. The van der Waals surface area contributed by atoms with Gasteiger partial charge in [-0.05, 0) is 69.4 Å². The minimum atomic E-state index is -1.25.